The number of aromatic nitrogens is 1. The van der Waals surface area contributed by atoms with E-state index < -0.39 is 6.04 Å². The molecule has 26 heavy (non-hydrogen) atoms. The number of oxazole rings is 1. The molecule has 8 heteroatoms. The van der Waals surface area contributed by atoms with Gasteiger partial charge in [0.1, 0.15) is 5.52 Å². The molecule has 2 N–H and O–H groups in total. The Labute approximate surface area is 166 Å². The molecule has 3 rings (SSSR count). The van der Waals surface area contributed by atoms with Crippen LogP contribution in [0.1, 0.15) is 25.8 Å². The van der Waals surface area contributed by atoms with Crippen molar-refractivity contribution in [3.05, 3.63) is 23.8 Å². The molecule has 2 aromatic rings. The molecule has 6 nitrogen and oxygen atoms in total. The molecule has 0 bridgehead atoms. The molecule has 0 radical (unpaired) electrons. The number of hydrogen-bond donors (Lipinski definition) is 1. The quantitative estimate of drug-likeness (QED) is 0.850. The van der Waals surface area contributed by atoms with Gasteiger partial charge in [0.05, 0.1) is 6.04 Å². The van der Waals surface area contributed by atoms with Gasteiger partial charge >= 0.3 is 0 Å². The molecule has 1 fully saturated rings. The number of aryl methyl sites for hydroxylation is 1. The summed E-state index contributed by atoms with van der Waals surface area (Å²) in [6.45, 7) is 8.95. The molecule has 1 amide bonds. The Kier molecular flexibility index (Phi) is 8.18. The van der Waals surface area contributed by atoms with Crippen molar-refractivity contribution in [2.24, 2.45) is 11.7 Å². The first-order valence-corrected chi connectivity index (χ1v) is 8.60. The Morgan fingerprint density at radius 2 is 1.88 bits per heavy atom. The summed E-state index contributed by atoms with van der Waals surface area (Å²) >= 11 is 0. The van der Waals surface area contributed by atoms with Crippen molar-refractivity contribution in [2.45, 2.75) is 33.2 Å². The lowest BCUT2D eigenvalue weighted by atomic mass is 10.0. The van der Waals surface area contributed by atoms with Crippen LogP contribution in [0.5, 0.6) is 0 Å². The summed E-state index contributed by atoms with van der Waals surface area (Å²) in [6.07, 6.45) is 0.726. The van der Waals surface area contributed by atoms with Crippen molar-refractivity contribution in [1.29, 1.82) is 0 Å². The molecule has 0 spiro atoms. The monoisotopic (exact) mass is 402 g/mol. The van der Waals surface area contributed by atoms with Crippen LogP contribution in [0.15, 0.2) is 22.6 Å². The SMILES string of the molecule is Cc1ccc2oc(N3CCN(C(=O)[C@@H](N)CC(C)C)CC3)nc2c1.Cl.Cl. The lowest BCUT2D eigenvalue weighted by Crippen LogP contribution is -2.53. The predicted octanol–water partition coefficient (Wildman–Crippen LogP) is 3.00. The number of amides is 1. The van der Waals surface area contributed by atoms with E-state index >= 15 is 0 Å². The molecule has 0 unspecified atom stereocenters. The maximum Gasteiger partial charge on any atom is 0.298 e. The number of nitrogens with zero attached hydrogens (tertiary/aromatic N) is 3. The molecule has 1 saturated heterocycles. The number of halogens is 2. The Hall–Kier alpha value is -1.50. The van der Waals surface area contributed by atoms with E-state index in [2.05, 4.69) is 23.7 Å². The van der Waals surface area contributed by atoms with E-state index in [0.29, 0.717) is 38.1 Å². The van der Waals surface area contributed by atoms with E-state index in [4.69, 9.17) is 10.2 Å². The standard InChI is InChI=1S/C18H26N4O2.2ClH/c1-12(2)10-14(19)17(23)21-6-8-22(9-7-21)18-20-15-11-13(3)4-5-16(15)24-18;;/h4-5,11-12,14H,6-10,19H2,1-3H3;2*1H/t14-;;/m0../s1. The first kappa shape index (κ1) is 22.5. The fraction of sp³-hybridized carbons (Fsp3) is 0.556. The summed E-state index contributed by atoms with van der Waals surface area (Å²) in [4.78, 5) is 20.9. The summed E-state index contributed by atoms with van der Waals surface area (Å²) in [6, 6.07) is 6.22. The van der Waals surface area contributed by atoms with Crippen LogP contribution in [-0.2, 0) is 4.79 Å². The van der Waals surface area contributed by atoms with Gasteiger partial charge in [-0.25, -0.2) is 0 Å². The Balaban J connectivity index is 0.00000169. The molecule has 1 atom stereocenters. The fourth-order valence-corrected chi connectivity index (χ4v) is 3.12. The largest absolute Gasteiger partial charge is 0.423 e. The summed E-state index contributed by atoms with van der Waals surface area (Å²) in [5.41, 5.74) is 8.86. The van der Waals surface area contributed by atoms with E-state index in [9.17, 15) is 4.79 Å². The second-order valence-electron chi connectivity index (χ2n) is 7.02. The van der Waals surface area contributed by atoms with Crippen molar-refractivity contribution < 1.29 is 9.21 Å². The van der Waals surface area contributed by atoms with Gasteiger partial charge in [-0.2, -0.15) is 4.98 Å². The number of fused-ring (bicyclic) bond motifs is 1. The summed E-state index contributed by atoms with van der Waals surface area (Å²) in [5, 5.41) is 0. The van der Waals surface area contributed by atoms with Crippen molar-refractivity contribution in [2.75, 3.05) is 31.1 Å². The number of piperazine rings is 1. The predicted molar refractivity (Wildman–Crippen MR) is 109 cm³/mol. The summed E-state index contributed by atoms with van der Waals surface area (Å²) < 4.78 is 5.84. The second kappa shape index (κ2) is 9.44. The minimum Gasteiger partial charge on any atom is -0.423 e. The zero-order valence-electron chi connectivity index (χ0n) is 15.5. The van der Waals surface area contributed by atoms with Gasteiger partial charge < -0.3 is 20.0 Å². The van der Waals surface area contributed by atoms with Crippen LogP contribution < -0.4 is 10.6 Å². The van der Waals surface area contributed by atoms with Gasteiger partial charge in [0.2, 0.25) is 5.91 Å². The molecule has 1 aliphatic heterocycles. The lowest BCUT2D eigenvalue weighted by molar-refractivity contribution is -0.133. The van der Waals surface area contributed by atoms with E-state index in [1.807, 2.05) is 30.0 Å². The Morgan fingerprint density at radius 3 is 2.50 bits per heavy atom. The third kappa shape index (κ3) is 5.02. The van der Waals surface area contributed by atoms with Gasteiger partial charge in [0, 0.05) is 26.2 Å². The number of hydrogen-bond acceptors (Lipinski definition) is 5. The maximum atomic E-state index is 12.4. The van der Waals surface area contributed by atoms with Crippen molar-refractivity contribution in [3.8, 4) is 0 Å². The van der Waals surface area contributed by atoms with E-state index in [-0.39, 0.29) is 30.7 Å². The van der Waals surface area contributed by atoms with Crippen molar-refractivity contribution in [1.82, 2.24) is 9.88 Å². The van der Waals surface area contributed by atoms with Crippen LogP contribution in [0.25, 0.3) is 11.1 Å². The van der Waals surface area contributed by atoms with Crippen LogP contribution in [0, 0.1) is 12.8 Å². The summed E-state index contributed by atoms with van der Waals surface area (Å²) in [5.74, 6) is 0.477. The maximum absolute atomic E-state index is 12.4. The molecule has 0 saturated carbocycles. The van der Waals surface area contributed by atoms with Crippen LogP contribution in [0.3, 0.4) is 0 Å². The molecule has 1 aromatic carbocycles. The molecular formula is C18H28Cl2N4O2. The normalized spacial score (nSPS) is 15.6. The molecular weight excluding hydrogens is 375 g/mol. The van der Waals surface area contributed by atoms with Gasteiger partial charge in [0.15, 0.2) is 5.58 Å². The smallest absolute Gasteiger partial charge is 0.298 e. The molecule has 0 aliphatic carbocycles. The van der Waals surface area contributed by atoms with E-state index in [0.717, 1.165) is 23.1 Å². The third-order valence-electron chi connectivity index (χ3n) is 4.44. The zero-order valence-corrected chi connectivity index (χ0v) is 17.1. The molecule has 146 valence electrons. The average molecular weight is 403 g/mol. The Morgan fingerprint density at radius 1 is 1.23 bits per heavy atom. The van der Waals surface area contributed by atoms with Gasteiger partial charge in [-0.1, -0.05) is 19.9 Å². The number of carbonyl (C=O) groups excluding carboxylic acids is 1. The Bertz CT molecular complexity index is 727. The van der Waals surface area contributed by atoms with Gasteiger partial charge in [-0.3, -0.25) is 4.79 Å². The van der Waals surface area contributed by atoms with Gasteiger partial charge in [0.25, 0.3) is 6.01 Å². The van der Waals surface area contributed by atoms with Crippen molar-refractivity contribution in [3.63, 3.8) is 0 Å². The van der Waals surface area contributed by atoms with Crippen LogP contribution in [-0.4, -0.2) is 48.0 Å². The van der Waals surface area contributed by atoms with Crippen LogP contribution >= 0.6 is 24.8 Å². The third-order valence-corrected chi connectivity index (χ3v) is 4.44. The topological polar surface area (TPSA) is 75.6 Å². The van der Waals surface area contributed by atoms with Gasteiger partial charge in [-0.15, -0.1) is 24.8 Å². The number of rotatable bonds is 4. The fourth-order valence-electron chi connectivity index (χ4n) is 3.12. The highest BCUT2D eigenvalue weighted by Gasteiger charge is 2.27. The highest BCUT2D eigenvalue weighted by Crippen LogP contribution is 2.23. The van der Waals surface area contributed by atoms with Crippen molar-refractivity contribution >= 4 is 47.8 Å². The first-order valence-electron chi connectivity index (χ1n) is 8.60. The molecule has 1 aromatic heterocycles. The number of anilines is 1. The number of benzene rings is 1. The first-order chi connectivity index (χ1) is 11.4. The average Bonchev–Trinajstić information content (AvgIpc) is 2.96. The van der Waals surface area contributed by atoms with E-state index in [1.165, 1.54) is 0 Å². The van der Waals surface area contributed by atoms with Crippen LogP contribution in [0.2, 0.25) is 0 Å². The lowest BCUT2D eigenvalue weighted by Gasteiger charge is -2.35. The molecule has 2 heterocycles. The number of nitrogens with two attached hydrogens (primary N) is 1. The van der Waals surface area contributed by atoms with Gasteiger partial charge in [-0.05, 0) is 37.0 Å². The van der Waals surface area contributed by atoms with E-state index in [1.54, 1.807) is 0 Å². The highest BCUT2D eigenvalue weighted by atomic mass is 35.5. The second-order valence-corrected chi connectivity index (χ2v) is 7.02. The number of carbonyl (C=O) groups is 1. The molecule has 1 aliphatic rings. The highest BCUT2D eigenvalue weighted by molar-refractivity contribution is 5.85. The zero-order chi connectivity index (χ0) is 17.3. The summed E-state index contributed by atoms with van der Waals surface area (Å²) in [7, 11) is 0. The van der Waals surface area contributed by atoms with Crippen LogP contribution in [0.4, 0.5) is 6.01 Å². The minimum absolute atomic E-state index is 0. The minimum atomic E-state index is -0.399.